The van der Waals surface area contributed by atoms with Crippen LogP contribution >= 0.6 is 0 Å². The Morgan fingerprint density at radius 1 is 1.50 bits per heavy atom. The summed E-state index contributed by atoms with van der Waals surface area (Å²) < 4.78 is 71.4. The average Bonchev–Trinajstić information content (AvgIpc) is 2.63. The van der Waals surface area contributed by atoms with E-state index in [2.05, 4.69) is 9.72 Å². The molecule has 1 aromatic rings. The Morgan fingerprint density at radius 3 is 2.55 bits per heavy atom. The number of hydrogen-bond acceptors (Lipinski definition) is 6. The minimum atomic E-state index is -4.42. The van der Waals surface area contributed by atoms with Crippen LogP contribution in [0.1, 0.15) is 6.23 Å². The van der Waals surface area contributed by atoms with Gasteiger partial charge in [-0.1, -0.05) is 0 Å². The molecule has 0 saturated carbocycles. The maximum absolute atomic E-state index is 14.0. The first-order valence-corrected chi connectivity index (χ1v) is 5.74. The molecule has 4 N–H and O–H groups in total. The maximum Gasteiger partial charge on any atom is 0.352 e. The van der Waals surface area contributed by atoms with E-state index in [1.165, 1.54) is 0 Å². The van der Waals surface area contributed by atoms with Crippen LogP contribution in [0.25, 0.3) is 0 Å². The third-order valence-corrected chi connectivity index (χ3v) is 3.29. The van der Waals surface area contributed by atoms with Crippen molar-refractivity contribution in [1.29, 1.82) is 0 Å². The topological polar surface area (TPSA) is 111 Å². The van der Waals surface area contributed by atoms with Gasteiger partial charge >= 0.3 is 11.6 Å². The highest BCUT2D eigenvalue weighted by molar-refractivity contribution is 5.26. The largest absolute Gasteiger partial charge is 0.393 e. The molecule has 22 heavy (non-hydrogen) atoms. The summed E-state index contributed by atoms with van der Waals surface area (Å²) >= 11 is 0. The van der Waals surface area contributed by atoms with Crippen LogP contribution in [0.15, 0.2) is 11.0 Å². The minimum absolute atomic E-state index is 0.116. The highest BCUT2D eigenvalue weighted by Gasteiger charge is 2.70. The Hall–Kier alpha value is -1.79. The van der Waals surface area contributed by atoms with Gasteiger partial charge in [-0.3, -0.25) is 4.57 Å². The van der Waals surface area contributed by atoms with Crippen molar-refractivity contribution in [3.63, 3.8) is 0 Å². The Kier molecular flexibility index (Phi) is 3.87. The SMILES string of the molecule is Nc1nc(=O)n([C@@H]2O[C@@](CO)(C(F)F)C(O)C2(F)F)cc1F. The van der Waals surface area contributed by atoms with Gasteiger partial charge in [-0.25, -0.2) is 18.0 Å². The zero-order chi connectivity index (χ0) is 16.9. The van der Waals surface area contributed by atoms with Gasteiger partial charge < -0.3 is 20.7 Å². The second-order valence-corrected chi connectivity index (χ2v) is 4.62. The molecule has 1 aliphatic heterocycles. The Morgan fingerprint density at radius 2 is 2.09 bits per heavy atom. The number of anilines is 1. The summed E-state index contributed by atoms with van der Waals surface area (Å²) in [5.41, 5.74) is 0.145. The number of nitrogens with two attached hydrogens (primary N) is 1. The van der Waals surface area contributed by atoms with E-state index in [-0.39, 0.29) is 10.8 Å². The number of aliphatic hydroxyl groups excluding tert-OH is 2. The Labute approximate surface area is 118 Å². The van der Waals surface area contributed by atoms with E-state index in [1.807, 2.05) is 0 Å². The van der Waals surface area contributed by atoms with E-state index in [1.54, 1.807) is 0 Å². The molecule has 0 amide bonds. The van der Waals surface area contributed by atoms with Crippen LogP contribution in [-0.2, 0) is 4.74 Å². The van der Waals surface area contributed by atoms with Crippen molar-refractivity contribution in [1.82, 2.24) is 9.55 Å². The third kappa shape index (κ3) is 2.14. The van der Waals surface area contributed by atoms with Crippen LogP contribution in [0.5, 0.6) is 0 Å². The fourth-order valence-electron chi connectivity index (χ4n) is 2.04. The van der Waals surface area contributed by atoms with Gasteiger partial charge in [-0.15, -0.1) is 0 Å². The smallest absolute Gasteiger partial charge is 0.352 e. The van der Waals surface area contributed by atoms with E-state index in [4.69, 9.17) is 10.8 Å². The zero-order valence-corrected chi connectivity index (χ0v) is 10.6. The molecule has 124 valence electrons. The molecular formula is C10H10F5N3O4. The normalized spacial score (nSPS) is 30.9. The zero-order valence-electron chi connectivity index (χ0n) is 10.6. The number of alkyl halides is 4. The van der Waals surface area contributed by atoms with E-state index >= 15 is 0 Å². The second-order valence-electron chi connectivity index (χ2n) is 4.62. The van der Waals surface area contributed by atoms with Crippen LogP contribution in [0, 0.1) is 5.82 Å². The summed E-state index contributed by atoms with van der Waals surface area (Å²) in [6, 6.07) is 0. The molecule has 2 heterocycles. The van der Waals surface area contributed by atoms with E-state index < -0.39 is 54.2 Å². The van der Waals surface area contributed by atoms with Gasteiger partial charge in [-0.2, -0.15) is 13.8 Å². The highest BCUT2D eigenvalue weighted by Crippen LogP contribution is 2.49. The fraction of sp³-hybridized carbons (Fsp3) is 0.600. The molecule has 0 radical (unpaired) electrons. The molecule has 1 fully saturated rings. The van der Waals surface area contributed by atoms with Crippen molar-refractivity contribution >= 4 is 5.82 Å². The van der Waals surface area contributed by atoms with Gasteiger partial charge in [0.05, 0.1) is 12.8 Å². The first-order chi connectivity index (χ1) is 10.1. The van der Waals surface area contributed by atoms with Crippen LogP contribution in [-0.4, -0.2) is 50.4 Å². The monoisotopic (exact) mass is 331 g/mol. The standard InChI is InChI=1S/C10H10F5N3O4/c11-3-1-18(8(21)17-4(3)16)7-10(14,15)5(20)9(2-19,22-7)6(12)13/h1,5-7,19-20H,2H2,(H2,16,17,21)/t5?,7-,9-/m1/s1. The molecule has 1 aromatic heterocycles. The number of aliphatic hydroxyl groups is 2. The number of aromatic nitrogens is 2. The van der Waals surface area contributed by atoms with Crippen LogP contribution in [0.2, 0.25) is 0 Å². The van der Waals surface area contributed by atoms with Crippen LogP contribution < -0.4 is 11.4 Å². The van der Waals surface area contributed by atoms with Gasteiger partial charge in [0.15, 0.2) is 23.3 Å². The summed E-state index contributed by atoms with van der Waals surface area (Å²) in [7, 11) is 0. The predicted molar refractivity (Wildman–Crippen MR) is 59.8 cm³/mol. The molecule has 1 saturated heterocycles. The average molecular weight is 331 g/mol. The van der Waals surface area contributed by atoms with Crippen LogP contribution in [0.3, 0.4) is 0 Å². The van der Waals surface area contributed by atoms with Crippen molar-refractivity contribution in [3.8, 4) is 0 Å². The first kappa shape index (κ1) is 16.6. The lowest BCUT2D eigenvalue weighted by Crippen LogP contribution is -2.53. The number of rotatable bonds is 3. The van der Waals surface area contributed by atoms with Crippen molar-refractivity contribution < 1.29 is 36.9 Å². The third-order valence-electron chi connectivity index (χ3n) is 3.29. The lowest BCUT2D eigenvalue weighted by Gasteiger charge is -2.28. The quantitative estimate of drug-likeness (QED) is 0.643. The van der Waals surface area contributed by atoms with Crippen molar-refractivity contribution in [2.24, 2.45) is 0 Å². The molecule has 0 bridgehead atoms. The Balaban J connectivity index is 2.58. The number of ether oxygens (including phenoxy) is 1. The molecular weight excluding hydrogens is 321 g/mol. The van der Waals surface area contributed by atoms with Gasteiger partial charge in [-0.05, 0) is 0 Å². The fourth-order valence-corrected chi connectivity index (χ4v) is 2.04. The summed E-state index contributed by atoms with van der Waals surface area (Å²) in [6.07, 6.45) is -9.44. The van der Waals surface area contributed by atoms with Crippen molar-refractivity contribution in [2.75, 3.05) is 12.3 Å². The van der Waals surface area contributed by atoms with Gasteiger partial charge in [0, 0.05) is 0 Å². The first-order valence-electron chi connectivity index (χ1n) is 5.74. The predicted octanol–water partition coefficient (Wildman–Crippen LogP) is -0.514. The molecule has 2 rings (SSSR count). The summed E-state index contributed by atoms with van der Waals surface area (Å²) in [4.78, 5) is 14.4. The van der Waals surface area contributed by atoms with E-state index in [9.17, 15) is 31.9 Å². The van der Waals surface area contributed by atoms with Crippen LogP contribution in [0.4, 0.5) is 27.8 Å². The van der Waals surface area contributed by atoms with E-state index in [0.717, 1.165) is 0 Å². The molecule has 7 nitrogen and oxygen atoms in total. The maximum atomic E-state index is 14.0. The van der Waals surface area contributed by atoms with Crippen molar-refractivity contribution in [3.05, 3.63) is 22.5 Å². The molecule has 3 atom stereocenters. The lowest BCUT2D eigenvalue weighted by molar-refractivity contribution is -0.196. The Bertz CT molecular complexity index is 639. The highest BCUT2D eigenvalue weighted by atomic mass is 19.3. The number of halogens is 5. The van der Waals surface area contributed by atoms with Gasteiger partial charge in [0.2, 0.25) is 6.23 Å². The van der Waals surface area contributed by atoms with Crippen molar-refractivity contribution in [2.45, 2.75) is 30.3 Å². The van der Waals surface area contributed by atoms with E-state index in [0.29, 0.717) is 0 Å². The molecule has 0 aliphatic carbocycles. The minimum Gasteiger partial charge on any atom is -0.393 e. The molecule has 0 aromatic carbocycles. The molecule has 0 spiro atoms. The lowest BCUT2D eigenvalue weighted by atomic mass is 9.96. The summed E-state index contributed by atoms with van der Waals surface area (Å²) in [5.74, 6) is -6.68. The van der Waals surface area contributed by atoms with Gasteiger partial charge in [0.1, 0.15) is 0 Å². The molecule has 12 heteroatoms. The summed E-state index contributed by atoms with van der Waals surface area (Å²) in [5, 5.41) is 18.3. The molecule has 1 unspecified atom stereocenters. The second kappa shape index (κ2) is 5.14. The number of nitrogens with zero attached hydrogens (tertiary/aromatic N) is 2. The molecule has 1 aliphatic rings. The summed E-state index contributed by atoms with van der Waals surface area (Å²) in [6.45, 7) is -1.66. The number of hydrogen-bond donors (Lipinski definition) is 3. The number of nitrogen functional groups attached to an aromatic ring is 1. The van der Waals surface area contributed by atoms with Gasteiger partial charge in [0.25, 0.3) is 6.43 Å².